The van der Waals surface area contributed by atoms with Crippen molar-refractivity contribution in [2.45, 2.75) is 39.9 Å². The second kappa shape index (κ2) is 6.62. The fourth-order valence-corrected chi connectivity index (χ4v) is 2.16. The molecule has 1 heterocycles. The van der Waals surface area contributed by atoms with E-state index in [1.165, 1.54) is 16.8 Å². The average molecular weight is 272 g/mol. The van der Waals surface area contributed by atoms with Gasteiger partial charge in [-0.05, 0) is 42.3 Å². The minimum absolute atomic E-state index is 0.510. The van der Waals surface area contributed by atoms with Crippen molar-refractivity contribution in [3.8, 4) is 0 Å². The monoisotopic (exact) mass is 272 g/mol. The summed E-state index contributed by atoms with van der Waals surface area (Å²) in [6, 6.07) is 11.1. The Bertz CT molecular complexity index is 532. The molecule has 0 unspecified atom stereocenters. The van der Waals surface area contributed by atoms with E-state index in [0.29, 0.717) is 6.04 Å². The maximum atomic E-state index is 5.39. The molecule has 2 aromatic rings. The van der Waals surface area contributed by atoms with Crippen LogP contribution in [0, 0.1) is 6.92 Å². The van der Waals surface area contributed by atoms with Crippen LogP contribution in [0.2, 0.25) is 0 Å². The lowest BCUT2D eigenvalue weighted by Gasteiger charge is -2.20. The third kappa shape index (κ3) is 3.87. The molecular formula is C17H24N2O. The van der Waals surface area contributed by atoms with Crippen LogP contribution in [0.1, 0.15) is 30.7 Å². The smallest absolute Gasteiger partial charge is 0.123 e. The van der Waals surface area contributed by atoms with Gasteiger partial charge in [-0.15, -0.1) is 0 Å². The molecule has 0 saturated heterocycles. The molecule has 0 radical (unpaired) electrons. The largest absolute Gasteiger partial charge is 0.467 e. The van der Waals surface area contributed by atoms with Gasteiger partial charge in [0, 0.05) is 25.3 Å². The van der Waals surface area contributed by atoms with Crippen LogP contribution in [-0.2, 0) is 13.1 Å². The van der Waals surface area contributed by atoms with Crippen molar-refractivity contribution in [3.05, 3.63) is 53.5 Å². The standard InChI is InChI=1S/C17H24N2O/c1-13(2)18-11-15-7-8-16(10-14(15)3)19(4)12-17-6-5-9-20-17/h5-10,13,18H,11-12H2,1-4H3. The number of hydrogen-bond donors (Lipinski definition) is 1. The van der Waals surface area contributed by atoms with Gasteiger partial charge in [-0.25, -0.2) is 0 Å². The van der Waals surface area contributed by atoms with E-state index < -0.39 is 0 Å². The predicted octanol–water partition coefficient (Wildman–Crippen LogP) is 3.72. The third-order valence-electron chi connectivity index (χ3n) is 3.44. The first-order valence-corrected chi connectivity index (χ1v) is 7.12. The molecule has 20 heavy (non-hydrogen) atoms. The van der Waals surface area contributed by atoms with Crippen molar-refractivity contribution in [3.63, 3.8) is 0 Å². The van der Waals surface area contributed by atoms with Crippen LogP contribution in [-0.4, -0.2) is 13.1 Å². The van der Waals surface area contributed by atoms with Gasteiger partial charge in [0.25, 0.3) is 0 Å². The van der Waals surface area contributed by atoms with Gasteiger partial charge in [0.1, 0.15) is 5.76 Å². The zero-order valence-corrected chi connectivity index (χ0v) is 12.8. The number of nitrogens with one attached hydrogen (secondary N) is 1. The minimum Gasteiger partial charge on any atom is -0.467 e. The van der Waals surface area contributed by atoms with Crippen molar-refractivity contribution in [2.24, 2.45) is 0 Å². The first-order chi connectivity index (χ1) is 9.56. The van der Waals surface area contributed by atoms with Crippen LogP contribution >= 0.6 is 0 Å². The summed E-state index contributed by atoms with van der Waals surface area (Å²) in [7, 11) is 2.09. The minimum atomic E-state index is 0.510. The number of aryl methyl sites for hydroxylation is 1. The first-order valence-electron chi connectivity index (χ1n) is 7.12. The van der Waals surface area contributed by atoms with E-state index in [0.717, 1.165) is 18.8 Å². The Morgan fingerprint density at radius 2 is 2.05 bits per heavy atom. The summed E-state index contributed by atoms with van der Waals surface area (Å²) in [5, 5.41) is 3.46. The van der Waals surface area contributed by atoms with Gasteiger partial charge in [0.05, 0.1) is 12.8 Å². The lowest BCUT2D eigenvalue weighted by Crippen LogP contribution is -2.22. The highest BCUT2D eigenvalue weighted by Crippen LogP contribution is 2.20. The predicted molar refractivity (Wildman–Crippen MR) is 84.0 cm³/mol. The van der Waals surface area contributed by atoms with Gasteiger partial charge < -0.3 is 14.6 Å². The average Bonchev–Trinajstić information content (AvgIpc) is 2.89. The Morgan fingerprint density at radius 1 is 1.25 bits per heavy atom. The van der Waals surface area contributed by atoms with Crippen LogP contribution < -0.4 is 10.2 Å². The van der Waals surface area contributed by atoms with Crippen molar-refractivity contribution < 1.29 is 4.42 Å². The lowest BCUT2D eigenvalue weighted by atomic mass is 10.1. The van der Waals surface area contributed by atoms with Crippen molar-refractivity contribution in [1.29, 1.82) is 0 Å². The molecule has 108 valence electrons. The van der Waals surface area contributed by atoms with E-state index in [1.807, 2.05) is 12.1 Å². The molecule has 3 nitrogen and oxygen atoms in total. The molecule has 3 heteroatoms. The van der Waals surface area contributed by atoms with Gasteiger partial charge in [0.2, 0.25) is 0 Å². The van der Waals surface area contributed by atoms with Gasteiger partial charge in [-0.1, -0.05) is 19.9 Å². The Kier molecular flexibility index (Phi) is 4.85. The Balaban J connectivity index is 2.04. The summed E-state index contributed by atoms with van der Waals surface area (Å²) in [6.45, 7) is 8.21. The molecule has 0 aliphatic heterocycles. The van der Waals surface area contributed by atoms with Crippen LogP contribution in [0.15, 0.2) is 41.0 Å². The molecule has 0 aliphatic rings. The number of anilines is 1. The van der Waals surface area contributed by atoms with Gasteiger partial charge in [-0.3, -0.25) is 0 Å². The molecule has 2 rings (SSSR count). The number of furan rings is 1. The molecule has 0 saturated carbocycles. The van der Waals surface area contributed by atoms with E-state index in [-0.39, 0.29) is 0 Å². The zero-order valence-electron chi connectivity index (χ0n) is 12.8. The van der Waals surface area contributed by atoms with Crippen LogP contribution in [0.4, 0.5) is 5.69 Å². The number of hydrogen-bond acceptors (Lipinski definition) is 3. The van der Waals surface area contributed by atoms with E-state index in [2.05, 4.69) is 56.2 Å². The molecule has 0 bridgehead atoms. The summed E-state index contributed by atoms with van der Waals surface area (Å²) in [4.78, 5) is 2.20. The first kappa shape index (κ1) is 14.7. The summed E-state index contributed by atoms with van der Waals surface area (Å²) in [6.07, 6.45) is 1.72. The normalized spacial score (nSPS) is 11.1. The van der Waals surface area contributed by atoms with Crippen LogP contribution in [0.3, 0.4) is 0 Å². The van der Waals surface area contributed by atoms with E-state index in [9.17, 15) is 0 Å². The molecule has 0 spiro atoms. The van der Waals surface area contributed by atoms with Crippen molar-refractivity contribution in [1.82, 2.24) is 5.32 Å². The molecule has 0 amide bonds. The van der Waals surface area contributed by atoms with Crippen LogP contribution in [0.25, 0.3) is 0 Å². The van der Waals surface area contributed by atoms with Crippen molar-refractivity contribution in [2.75, 3.05) is 11.9 Å². The van der Waals surface area contributed by atoms with Crippen LogP contribution in [0.5, 0.6) is 0 Å². The highest BCUT2D eigenvalue weighted by Gasteiger charge is 2.06. The molecular weight excluding hydrogens is 248 g/mol. The highest BCUT2D eigenvalue weighted by atomic mass is 16.3. The summed E-state index contributed by atoms with van der Waals surface area (Å²) >= 11 is 0. The molecule has 0 aliphatic carbocycles. The van der Waals surface area contributed by atoms with Crippen molar-refractivity contribution >= 4 is 5.69 Å². The Morgan fingerprint density at radius 3 is 2.65 bits per heavy atom. The zero-order chi connectivity index (χ0) is 14.5. The summed E-state index contributed by atoms with van der Waals surface area (Å²) in [5.74, 6) is 0.982. The molecule has 0 fully saturated rings. The Hall–Kier alpha value is -1.74. The summed E-state index contributed by atoms with van der Waals surface area (Å²) in [5.41, 5.74) is 3.89. The van der Waals surface area contributed by atoms with Gasteiger partial charge in [-0.2, -0.15) is 0 Å². The fraction of sp³-hybridized carbons (Fsp3) is 0.412. The SMILES string of the molecule is Cc1cc(N(C)Cc2ccco2)ccc1CNC(C)C. The highest BCUT2D eigenvalue weighted by molar-refractivity contribution is 5.50. The lowest BCUT2D eigenvalue weighted by molar-refractivity contribution is 0.507. The third-order valence-corrected chi connectivity index (χ3v) is 3.44. The number of rotatable bonds is 6. The van der Waals surface area contributed by atoms with E-state index in [4.69, 9.17) is 4.42 Å². The topological polar surface area (TPSA) is 28.4 Å². The maximum Gasteiger partial charge on any atom is 0.123 e. The maximum absolute atomic E-state index is 5.39. The fourth-order valence-electron chi connectivity index (χ4n) is 2.16. The quantitative estimate of drug-likeness (QED) is 0.868. The second-order valence-electron chi connectivity index (χ2n) is 5.58. The molecule has 1 aromatic carbocycles. The van der Waals surface area contributed by atoms with Gasteiger partial charge >= 0.3 is 0 Å². The molecule has 1 N–H and O–H groups in total. The van der Waals surface area contributed by atoms with Gasteiger partial charge in [0.15, 0.2) is 0 Å². The summed E-state index contributed by atoms with van der Waals surface area (Å²) < 4.78 is 5.39. The number of benzene rings is 1. The molecule has 0 atom stereocenters. The second-order valence-corrected chi connectivity index (χ2v) is 5.58. The Labute approximate surface area is 121 Å². The van der Waals surface area contributed by atoms with E-state index >= 15 is 0 Å². The van der Waals surface area contributed by atoms with E-state index in [1.54, 1.807) is 6.26 Å². The molecule has 1 aromatic heterocycles. The number of nitrogens with zero attached hydrogens (tertiary/aromatic N) is 1.